The molecule has 1 aliphatic rings. The van der Waals surface area contributed by atoms with Crippen LogP contribution in [0.5, 0.6) is 0 Å². The molecular weight excluding hydrogens is 402 g/mol. The van der Waals surface area contributed by atoms with E-state index >= 15 is 0 Å². The summed E-state index contributed by atoms with van der Waals surface area (Å²) in [6.07, 6.45) is 2.10. The summed E-state index contributed by atoms with van der Waals surface area (Å²) in [7, 11) is -3.10. The topological polar surface area (TPSA) is 80.8 Å². The number of ether oxygens (including phenoxy) is 1. The van der Waals surface area contributed by atoms with Crippen LogP contribution in [0.4, 0.5) is 0 Å². The monoisotopic (exact) mass is 429 g/mol. The van der Waals surface area contributed by atoms with Crippen LogP contribution >= 0.6 is 0 Å². The van der Waals surface area contributed by atoms with Crippen LogP contribution in [0.2, 0.25) is 0 Å². The summed E-state index contributed by atoms with van der Waals surface area (Å²) in [6, 6.07) is 16.5. The molecule has 0 aliphatic carbocycles. The molecule has 7 heteroatoms. The van der Waals surface area contributed by atoms with Crippen molar-refractivity contribution in [2.45, 2.75) is 32.2 Å². The van der Waals surface area contributed by atoms with Gasteiger partial charge in [-0.15, -0.1) is 0 Å². The standard InChI is InChI=1S/C23H27NO5S/c1-2-3-14-24(21-13-15-30(27,28)17-21)22(25)16-29-23(26)20-11-9-19(10-12-20)18-7-5-4-6-8-18/h4-12,21H,2-3,13-17H2,1H3/t21-/m0/s1. The number of esters is 1. The van der Waals surface area contributed by atoms with Gasteiger partial charge in [0.2, 0.25) is 0 Å². The van der Waals surface area contributed by atoms with Gasteiger partial charge in [0.15, 0.2) is 16.4 Å². The molecule has 0 bridgehead atoms. The summed E-state index contributed by atoms with van der Waals surface area (Å²) in [5.41, 5.74) is 2.40. The van der Waals surface area contributed by atoms with Crippen molar-refractivity contribution in [3.8, 4) is 11.1 Å². The van der Waals surface area contributed by atoms with Gasteiger partial charge in [-0.2, -0.15) is 0 Å². The minimum absolute atomic E-state index is 0.0165. The number of carbonyl (C=O) groups excluding carboxylic acids is 2. The number of nitrogens with zero attached hydrogens (tertiary/aromatic N) is 1. The Bertz CT molecular complexity index is 970. The largest absolute Gasteiger partial charge is 0.452 e. The molecule has 1 aliphatic heterocycles. The van der Waals surface area contributed by atoms with Crippen molar-refractivity contribution < 1.29 is 22.7 Å². The third-order valence-electron chi connectivity index (χ3n) is 5.28. The molecule has 0 spiro atoms. The van der Waals surface area contributed by atoms with E-state index in [0.29, 0.717) is 18.5 Å². The molecule has 0 radical (unpaired) electrons. The van der Waals surface area contributed by atoms with E-state index in [1.807, 2.05) is 49.4 Å². The molecule has 160 valence electrons. The predicted octanol–water partition coefficient (Wildman–Crippen LogP) is 3.33. The Morgan fingerprint density at radius 2 is 1.70 bits per heavy atom. The van der Waals surface area contributed by atoms with Crippen LogP contribution in [0.15, 0.2) is 54.6 Å². The number of sulfone groups is 1. The number of rotatable bonds is 8. The first kappa shape index (κ1) is 22.0. The summed E-state index contributed by atoms with van der Waals surface area (Å²) in [6.45, 7) is 2.09. The highest BCUT2D eigenvalue weighted by Gasteiger charge is 2.34. The van der Waals surface area contributed by atoms with E-state index in [9.17, 15) is 18.0 Å². The van der Waals surface area contributed by atoms with Crippen LogP contribution in [0, 0.1) is 0 Å². The van der Waals surface area contributed by atoms with E-state index in [-0.39, 0.29) is 30.1 Å². The Morgan fingerprint density at radius 1 is 1.03 bits per heavy atom. The van der Waals surface area contributed by atoms with Gasteiger partial charge in [-0.25, -0.2) is 13.2 Å². The number of hydrogen-bond donors (Lipinski definition) is 0. The molecule has 6 nitrogen and oxygen atoms in total. The molecule has 1 fully saturated rings. The Kier molecular flexibility index (Phi) is 7.26. The Balaban J connectivity index is 1.60. The van der Waals surface area contributed by atoms with E-state index in [1.54, 1.807) is 17.0 Å². The van der Waals surface area contributed by atoms with Gasteiger partial charge >= 0.3 is 5.97 Å². The van der Waals surface area contributed by atoms with E-state index in [2.05, 4.69) is 0 Å². The van der Waals surface area contributed by atoms with Crippen LogP contribution in [0.1, 0.15) is 36.5 Å². The maximum Gasteiger partial charge on any atom is 0.338 e. The zero-order valence-electron chi connectivity index (χ0n) is 17.1. The summed E-state index contributed by atoms with van der Waals surface area (Å²) in [4.78, 5) is 26.6. The fraction of sp³-hybridized carbons (Fsp3) is 0.391. The number of hydrogen-bond acceptors (Lipinski definition) is 5. The average molecular weight is 430 g/mol. The SMILES string of the molecule is CCCCN(C(=O)COC(=O)c1ccc(-c2ccccc2)cc1)[C@H]1CCS(=O)(=O)C1. The third kappa shape index (κ3) is 5.69. The van der Waals surface area contributed by atoms with Crippen LogP contribution < -0.4 is 0 Å². The van der Waals surface area contributed by atoms with Gasteiger partial charge in [-0.3, -0.25) is 4.79 Å². The third-order valence-corrected chi connectivity index (χ3v) is 7.03. The first-order chi connectivity index (χ1) is 14.4. The van der Waals surface area contributed by atoms with Crippen LogP contribution in [0.3, 0.4) is 0 Å². The fourth-order valence-corrected chi connectivity index (χ4v) is 5.31. The normalized spacial score (nSPS) is 17.4. The minimum Gasteiger partial charge on any atom is -0.452 e. The highest BCUT2D eigenvalue weighted by molar-refractivity contribution is 7.91. The number of amides is 1. The molecule has 2 aromatic carbocycles. The molecule has 0 N–H and O–H groups in total. The lowest BCUT2D eigenvalue weighted by Gasteiger charge is -2.28. The fourth-order valence-electron chi connectivity index (χ4n) is 3.58. The first-order valence-electron chi connectivity index (χ1n) is 10.2. The smallest absolute Gasteiger partial charge is 0.338 e. The zero-order valence-corrected chi connectivity index (χ0v) is 17.9. The van der Waals surface area contributed by atoms with Gasteiger partial charge in [-0.05, 0) is 36.1 Å². The van der Waals surface area contributed by atoms with Gasteiger partial charge in [0.1, 0.15) is 0 Å². The Labute approximate surface area is 177 Å². The van der Waals surface area contributed by atoms with Gasteiger partial charge in [0.25, 0.3) is 5.91 Å². The number of unbranched alkanes of at least 4 members (excludes halogenated alkanes) is 1. The van der Waals surface area contributed by atoms with Crippen molar-refractivity contribution in [3.63, 3.8) is 0 Å². The maximum atomic E-state index is 12.7. The van der Waals surface area contributed by atoms with Gasteiger partial charge < -0.3 is 9.64 Å². The predicted molar refractivity (Wildman–Crippen MR) is 116 cm³/mol. The molecule has 1 atom stereocenters. The molecular formula is C23H27NO5S. The Morgan fingerprint density at radius 3 is 2.30 bits per heavy atom. The van der Waals surface area contributed by atoms with Crippen molar-refractivity contribution in [1.82, 2.24) is 4.90 Å². The van der Waals surface area contributed by atoms with Crippen LogP contribution in [0.25, 0.3) is 11.1 Å². The Hall–Kier alpha value is -2.67. The molecule has 1 heterocycles. The lowest BCUT2D eigenvalue weighted by molar-refractivity contribution is -0.136. The van der Waals surface area contributed by atoms with Crippen LogP contribution in [-0.2, 0) is 19.4 Å². The van der Waals surface area contributed by atoms with Crippen molar-refractivity contribution >= 4 is 21.7 Å². The van der Waals surface area contributed by atoms with Crippen molar-refractivity contribution in [3.05, 3.63) is 60.2 Å². The molecule has 0 saturated carbocycles. The maximum absolute atomic E-state index is 12.7. The average Bonchev–Trinajstić information content (AvgIpc) is 3.12. The molecule has 30 heavy (non-hydrogen) atoms. The van der Waals surface area contributed by atoms with Gasteiger partial charge in [-0.1, -0.05) is 55.8 Å². The van der Waals surface area contributed by atoms with E-state index in [4.69, 9.17) is 4.74 Å². The second-order valence-electron chi connectivity index (χ2n) is 7.52. The van der Waals surface area contributed by atoms with E-state index in [0.717, 1.165) is 24.0 Å². The second-order valence-corrected chi connectivity index (χ2v) is 9.75. The molecule has 3 rings (SSSR count). The van der Waals surface area contributed by atoms with Crippen molar-refractivity contribution in [1.29, 1.82) is 0 Å². The lowest BCUT2D eigenvalue weighted by Crippen LogP contribution is -2.43. The number of carbonyl (C=O) groups is 2. The summed E-state index contributed by atoms with van der Waals surface area (Å²) >= 11 is 0. The minimum atomic E-state index is -3.10. The van der Waals surface area contributed by atoms with Crippen LogP contribution in [-0.4, -0.2) is 55.9 Å². The van der Waals surface area contributed by atoms with Gasteiger partial charge in [0.05, 0.1) is 17.1 Å². The molecule has 1 amide bonds. The summed E-state index contributed by atoms with van der Waals surface area (Å²) in [5.74, 6) is -0.837. The summed E-state index contributed by atoms with van der Waals surface area (Å²) in [5, 5.41) is 0. The molecule has 2 aromatic rings. The highest BCUT2D eigenvalue weighted by Crippen LogP contribution is 2.20. The van der Waals surface area contributed by atoms with Crippen molar-refractivity contribution in [2.75, 3.05) is 24.7 Å². The number of benzene rings is 2. The first-order valence-corrected chi connectivity index (χ1v) is 12.0. The zero-order chi connectivity index (χ0) is 21.6. The van der Waals surface area contributed by atoms with Crippen molar-refractivity contribution in [2.24, 2.45) is 0 Å². The van der Waals surface area contributed by atoms with E-state index < -0.39 is 15.8 Å². The molecule has 0 unspecified atom stereocenters. The molecule has 1 saturated heterocycles. The lowest BCUT2D eigenvalue weighted by atomic mass is 10.0. The highest BCUT2D eigenvalue weighted by atomic mass is 32.2. The van der Waals surface area contributed by atoms with E-state index in [1.165, 1.54) is 0 Å². The second kappa shape index (κ2) is 9.89. The van der Waals surface area contributed by atoms with Gasteiger partial charge in [0, 0.05) is 12.6 Å². The quantitative estimate of drug-likeness (QED) is 0.602. The molecule has 0 aromatic heterocycles. The summed E-state index contributed by atoms with van der Waals surface area (Å²) < 4.78 is 28.8.